The molecule has 1 aliphatic rings. The van der Waals surface area contributed by atoms with Gasteiger partial charge in [0.15, 0.2) is 0 Å². The zero-order valence-corrected chi connectivity index (χ0v) is 21.4. The number of ether oxygens (including phenoxy) is 2. The second kappa shape index (κ2) is 12.4. The molecule has 1 fully saturated rings. The number of nitrogen functional groups attached to an aromatic ring is 1. The van der Waals surface area contributed by atoms with Crippen molar-refractivity contribution in [3.8, 4) is 11.5 Å². The van der Waals surface area contributed by atoms with Gasteiger partial charge in [-0.05, 0) is 69.1 Å². The van der Waals surface area contributed by atoms with Crippen LogP contribution in [0.2, 0.25) is 0 Å². The number of anilines is 2. The lowest BCUT2D eigenvalue weighted by Crippen LogP contribution is -2.47. The van der Waals surface area contributed by atoms with Crippen LogP contribution in [-0.4, -0.2) is 75.6 Å². The van der Waals surface area contributed by atoms with E-state index in [1.54, 1.807) is 30.1 Å². The van der Waals surface area contributed by atoms with Crippen molar-refractivity contribution in [1.82, 2.24) is 9.80 Å². The summed E-state index contributed by atoms with van der Waals surface area (Å²) in [5.41, 5.74) is 8.60. The number of nitrogens with zero attached hydrogens (tertiary/aromatic N) is 3. The van der Waals surface area contributed by atoms with Crippen LogP contribution in [0.25, 0.3) is 0 Å². The maximum absolute atomic E-state index is 13.1. The molecule has 3 rings (SSSR count). The van der Waals surface area contributed by atoms with E-state index in [1.165, 1.54) is 7.11 Å². The van der Waals surface area contributed by atoms with Crippen LogP contribution in [0.15, 0.2) is 36.4 Å². The summed E-state index contributed by atoms with van der Waals surface area (Å²) in [6.07, 6.45) is 3.20. The zero-order chi connectivity index (χ0) is 25.4. The highest BCUT2D eigenvalue weighted by Crippen LogP contribution is 2.31. The molecule has 0 spiro atoms. The molecule has 1 heterocycles. The molecule has 190 valence electrons. The van der Waals surface area contributed by atoms with Crippen LogP contribution in [0.1, 0.15) is 41.6 Å². The van der Waals surface area contributed by atoms with Crippen LogP contribution < -0.4 is 20.1 Å². The molecular weight excluding hydrogens is 444 g/mol. The normalized spacial score (nSPS) is 14.0. The lowest BCUT2D eigenvalue weighted by atomic mass is 10.1. The number of nitrogens with two attached hydrogens (primary N) is 1. The molecule has 0 aromatic heterocycles. The van der Waals surface area contributed by atoms with E-state index < -0.39 is 0 Å². The average molecular weight is 483 g/mol. The van der Waals surface area contributed by atoms with Gasteiger partial charge in [0.25, 0.3) is 5.91 Å². The number of methoxy groups -OCH3 is 1. The molecule has 0 atom stereocenters. The fraction of sp³-hybridized carbons (Fsp3) is 0.481. The van der Waals surface area contributed by atoms with Crippen molar-refractivity contribution < 1.29 is 19.1 Å². The van der Waals surface area contributed by atoms with Crippen LogP contribution in [-0.2, 0) is 4.79 Å². The molecule has 0 aliphatic carbocycles. The summed E-state index contributed by atoms with van der Waals surface area (Å²) in [5.74, 6) is 1.20. The Balaban J connectivity index is 1.52. The highest BCUT2D eigenvalue weighted by molar-refractivity contribution is 6.07. The molecule has 8 nitrogen and oxygen atoms in total. The van der Waals surface area contributed by atoms with Gasteiger partial charge in [0.05, 0.1) is 25.1 Å². The summed E-state index contributed by atoms with van der Waals surface area (Å²) in [6.45, 7) is 6.06. The Morgan fingerprint density at radius 2 is 1.74 bits per heavy atom. The number of aryl methyl sites for hydroxylation is 1. The summed E-state index contributed by atoms with van der Waals surface area (Å²) in [7, 11) is 5.34. The fourth-order valence-electron chi connectivity index (χ4n) is 4.11. The number of carbonyl (C=O) groups is 2. The number of piperazine rings is 1. The van der Waals surface area contributed by atoms with Crippen molar-refractivity contribution in [3.05, 3.63) is 47.5 Å². The average Bonchev–Trinajstić information content (AvgIpc) is 2.86. The molecule has 2 N–H and O–H groups in total. The number of hydrogen-bond acceptors (Lipinski definition) is 6. The number of unbranched alkanes of at least 4 members (excludes halogenated alkanes) is 2. The smallest absolute Gasteiger partial charge is 0.258 e. The van der Waals surface area contributed by atoms with Gasteiger partial charge in [0, 0.05) is 45.2 Å². The number of benzene rings is 2. The lowest BCUT2D eigenvalue weighted by molar-refractivity contribution is -0.132. The van der Waals surface area contributed by atoms with E-state index in [9.17, 15) is 9.59 Å². The highest BCUT2D eigenvalue weighted by Gasteiger charge is 2.20. The van der Waals surface area contributed by atoms with Gasteiger partial charge in [-0.3, -0.25) is 9.59 Å². The predicted molar refractivity (Wildman–Crippen MR) is 139 cm³/mol. The molecule has 1 saturated heterocycles. The third kappa shape index (κ3) is 7.11. The first-order valence-corrected chi connectivity index (χ1v) is 12.2. The van der Waals surface area contributed by atoms with Gasteiger partial charge in [0.1, 0.15) is 11.5 Å². The summed E-state index contributed by atoms with van der Waals surface area (Å²) in [4.78, 5) is 31.3. The van der Waals surface area contributed by atoms with E-state index in [0.717, 1.165) is 51.0 Å². The van der Waals surface area contributed by atoms with Crippen molar-refractivity contribution >= 4 is 23.2 Å². The first-order valence-electron chi connectivity index (χ1n) is 12.2. The number of rotatable bonds is 10. The number of likely N-dealkylation sites (N-methyl/N-ethyl adjacent to an activating group) is 1. The molecule has 0 unspecified atom stereocenters. The van der Waals surface area contributed by atoms with E-state index in [2.05, 4.69) is 11.9 Å². The minimum Gasteiger partial charge on any atom is -0.495 e. The Morgan fingerprint density at radius 3 is 2.46 bits per heavy atom. The van der Waals surface area contributed by atoms with Gasteiger partial charge in [-0.15, -0.1) is 0 Å². The first kappa shape index (κ1) is 26.3. The van der Waals surface area contributed by atoms with E-state index >= 15 is 0 Å². The molecule has 35 heavy (non-hydrogen) atoms. The van der Waals surface area contributed by atoms with Crippen molar-refractivity contribution in [2.75, 3.05) is 64.6 Å². The maximum Gasteiger partial charge on any atom is 0.258 e. The second-order valence-corrected chi connectivity index (χ2v) is 9.14. The lowest BCUT2D eigenvalue weighted by Gasteiger charge is -2.32. The fourth-order valence-corrected chi connectivity index (χ4v) is 4.11. The molecule has 8 heteroatoms. The Labute approximate surface area is 208 Å². The van der Waals surface area contributed by atoms with Gasteiger partial charge in [-0.25, -0.2) is 0 Å². The van der Waals surface area contributed by atoms with Crippen molar-refractivity contribution in [2.45, 2.75) is 32.6 Å². The molecule has 2 aromatic rings. The summed E-state index contributed by atoms with van der Waals surface area (Å²) >= 11 is 0. The standard InChI is InChI=1S/C27H38N4O4/c1-20-9-12-23(30(3)27(33)21-10-11-22(28)24(19-21)34-4)25(18-20)35-17-7-5-6-8-26(32)31-15-13-29(2)14-16-31/h9-12,18-19H,5-8,13-17,28H2,1-4H3. The van der Waals surface area contributed by atoms with Crippen LogP contribution in [0, 0.1) is 6.92 Å². The summed E-state index contributed by atoms with van der Waals surface area (Å²) in [6, 6.07) is 10.8. The van der Waals surface area contributed by atoms with Gasteiger partial charge < -0.3 is 29.9 Å². The molecule has 0 bridgehead atoms. The zero-order valence-electron chi connectivity index (χ0n) is 21.4. The Bertz CT molecular complexity index is 1020. The van der Waals surface area contributed by atoms with Crippen LogP contribution in [0.5, 0.6) is 11.5 Å². The third-order valence-electron chi connectivity index (χ3n) is 6.41. The molecule has 2 aromatic carbocycles. The second-order valence-electron chi connectivity index (χ2n) is 9.14. The van der Waals surface area contributed by atoms with Gasteiger partial charge >= 0.3 is 0 Å². The summed E-state index contributed by atoms with van der Waals surface area (Å²) in [5, 5.41) is 0. The van der Waals surface area contributed by atoms with Crippen molar-refractivity contribution in [1.29, 1.82) is 0 Å². The Kier molecular flexibility index (Phi) is 9.37. The van der Waals surface area contributed by atoms with E-state index in [1.807, 2.05) is 30.0 Å². The van der Waals surface area contributed by atoms with Crippen LogP contribution in [0.4, 0.5) is 11.4 Å². The highest BCUT2D eigenvalue weighted by atomic mass is 16.5. The van der Waals surface area contributed by atoms with Crippen LogP contribution in [0.3, 0.4) is 0 Å². The van der Waals surface area contributed by atoms with E-state index in [-0.39, 0.29) is 11.8 Å². The molecule has 2 amide bonds. The number of carbonyl (C=O) groups excluding carboxylic acids is 2. The topological polar surface area (TPSA) is 88.3 Å². The van der Waals surface area contributed by atoms with Crippen molar-refractivity contribution in [3.63, 3.8) is 0 Å². The minimum atomic E-state index is -0.181. The van der Waals surface area contributed by atoms with E-state index in [0.29, 0.717) is 41.5 Å². The Morgan fingerprint density at radius 1 is 1.00 bits per heavy atom. The predicted octanol–water partition coefficient (Wildman–Crippen LogP) is 3.58. The molecule has 0 saturated carbocycles. The van der Waals surface area contributed by atoms with Gasteiger partial charge in [-0.2, -0.15) is 0 Å². The van der Waals surface area contributed by atoms with Gasteiger partial charge in [0.2, 0.25) is 5.91 Å². The number of hydrogen-bond donors (Lipinski definition) is 1. The molecule has 0 radical (unpaired) electrons. The molecule has 1 aliphatic heterocycles. The first-order chi connectivity index (χ1) is 16.8. The third-order valence-corrected chi connectivity index (χ3v) is 6.41. The summed E-state index contributed by atoms with van der Waals surface area (Å²) < 4.78 is 11.3. The van der Waals surface area contributed by atoms with Crippen LogP contribution >= 0.6 is 0 Å². The van der Waals surface area contributed by atoms with Crippen molar-refractivity contribution in [2.24, 2.45) is 0 Å². The maximum atomic E-state index is 13.1. The minimum absolute atomic E-state index is 0.181. The monoisotopic (exact) mass is 482 g/mol. The number of amides is 2. The van der Waals surface area contributed by atoms with E-state index in [4.69, 9.17) is 15.2 Å². The molecular formula is C27H38N4O4. The quantitative estimate of drug-likeness (QED) is 0.411. The SMILES string of the molecule is COc1cc(C(=O)N(C)c2ccc(C)cc2OCCCCCC(=O)N2CCN(C)CC2)ccc1N. The Hall–Kier alpha value is -3.26. The van der Waals surface area contributed by atoms with Gasteiger partial charge in [-0.1, -0.05) is 6.07 Å². The largest absolute Gasteiger partial charge is 0.495 e.